The van der Waals surface area contributed by atoms with Crippen LogP contribution in [-0.4, -0.2) is 39.0 Å². The van der Waals surface area contributed by atoms with Crippen LogP contribution in [0.2, 0.25) is 0 Å². The molecule has 9 heteroatoms. The van der Waals surface area contributed by atoms with Gasteiger partial charge in [-0.1, -0.05) is 42.5 Å². The van der Waals surface area contributed by atoms with E-state index < -0.39 is 0 Å². The van der Waals surface area contributed by atoms with Gasteiger partial charge in [-0.2, -0.15) is 0 Å². The lowest BCUT2D eigenvalue weighted by atomic mass is 10.2. The van der Waals surface area contributed by atoms with Gasteiger partial charge in [0.25, 0.3) is 0 Å². The summed E-state index contributed by atoms with van der Waals surface area (Å²) >= 11 is 3.01. The van der Waals surface area contributed by atoms with Crippen LogP contribution in [0.15, 0.2) is 71.2 Å². The Morgan fingerprint density at radius 2 is 1.82 bits per heavy atom. The summed E-state index contributed by atoms with van der Waals surface area (Å²) in [5.41, 5.74) is 2.29. The van der Waals surface area contributed by atoms with Crippen molar-refractivity contribution in [2.45, 2.75) is 42.6 Å². The van der Waals surface area contributed by atoms with Crippen LogP contribution in [0.3, 0.4) is 0 Å². The predicted octanol–water partition coefficient (Wildman–Crippen LogP) is 5.36. The fraction of sp³-hybridized carbons (Fsp3) is 0.280. The van der Waals surface area contributed by atoms with Crippen LogP contribution in [0, 0.1) is 6.92 Å². The van der Waals surface area contributed by atoms with E-state index >= 15 is 0 Å². The molecule has 7 nitrogen and oxygen atoms in total. The van der Waals surface area contributed by atoms with Crippen LogP contribution in [0.25, 0.3) is 0 Å². The topological polar surface area (TPSA) is 86.1 Å². The van der Waals surface area contributed by atoms with E-state index in [1.807, 2.05) is 11.5 Å². The Bertz CT molecular complexity index is 1110. The number of carbonyl (C=O) groups excluding carboxylic acids is 2. The van der Waals surface area contributed by atoms with Gasteiger partial charge in [0.05, 0.1) is 23.7 Å². The zero-order chi connectivity index (χ0) is 24.3. The number of hydrogen-bond acceptors (Lipinski definition) is 7. The van der Waals surface area contributed by atoms with Crippen molar-refractivity contribution in [1.29, 1.82) is 0 Å². The Labute approximate surface area is 208 Å². The number of ether oxygens (including phenoxy) is 1. The number of allylic oxidation sites excluding steroid dienone is 1. The first kappa shape index (κ1) is 25.6. The molecule has 0 saturated carbocycles. The van der Waals surface area contributed by atoms with Gasteiger partial charge in [0.15, 0.2) is 5.16 Å². The maximum Gasteiger partial charge on any atom is 0.338 e. The van der Waals surface area contributed by atoms with Gasteiger partial charge in [-0.25, -0.2) is 4.79 Å². The predicted molar refractivity (Wildman–Crippen MR) is 137 cm³/mol. The van der Waals surface area contributed by atoms with Gasteiger partial charge < -0.3 is 14.6 Å². The second kappa shape index (κ2) is 13.0. The Morgan fingerprint density at radius 1 is 1.09 bits per heavy atom. The molecule has 0 aliphatic rings. The van der Waals surface area contributed by atoms with E-state index in [9.17, 15) is 9.59 Å². The molecule has 2 aromatic carbocycles. The van der Waals surface area contributed by atoms with Crippen molar-refractivity contribution in [3.05, 3.63) is 78.1 Å². The van der Waals surface area contributed by atoms with Gasteiger partial charge >= 0.3 is 5.97 Å². The smallest absolute Gasteiger partial charge is 0.338 e. The summed E-state index contributed by atoms with van der Waals surface area (Å²) < 4.78 is 7.09. The molecule has 1 heterocycles. The standard InChI is InChI=1S/C25H28N4O3S2/c1-4-14-29-22(16-33-21-12-6-18(3)7-13-21)27-28-25(29)34-17-23(30)26-20-10-8-19(9-11-20)24(31)32-15-5-2/h4,6-13H,1,5,14-17H2,2-3H3,(H,26,30). The van der Waals surface area contributed by atoms with Crippen LogP contribution in [-0.2, 0) is 21.8 Å². The van der Waals surface area contributed by atoms with Crippen LogP contribution in [0.4, 0.5) is 5.69 Å². The Kier molecular flexibility index (Phi) is 9.78. The minimum atomic E-state index is -0.367. The summed E-state index contributed by atoms with van der Waals surface area (Å²) in [6, 6.07) is 15.0. The Balaban J connectivity index is 1.54. The average Bonchev–Trinajstić information content (AvgIpc) is 3.23. The monoisotopic (exact) mass is 496 g/mol. The number of carbonyl (C=O) groups is 2. The highest BCUT2D eigenvalue weighted by Gasteiger charge is 2.14. The molecule has 1 amide bonds. The molecule has 1 aromatic heterocycles. The first-order chi connectivity index (χ1) is 16.5. The van der Waals surface area contributed by atoms with E-state index in [1.54, 1.807) is 42.1 Å². The number of nitrogens with one attached hydrogen (secondary N) is 1. The number of hydrogen-bond donors (Lipinski definition) is 1. The summed E-state index contributed by atoms with van der Waals surface area (Å²) in [6.07, 6.45) is 2.56. The molecule has 0 fully saturated rings. The molecular weight excluding hydrogens is 468 g/mol. The van der Waals surface area contributed by atoms with E-state index in [2.05, 4.69) is 53.3 Å². The van der Waals surface area contributed by atoms with Crippen molar-refractivity contribution in [3.63, 3.8) is 0 Å². The maximum absolute atomic E-state index is 12.5. The third-order valence-corrected chi connectivity index (χ3v) is 6.64. The molecule has 0 spiro atoms. The molecule has 0 saturated heterocycles. The van der Waals surface area contributed by atoms with E-state index in [0.717, 1.165) is 17.1 Å². The van der Waals surface area contributed by atoms with Gasteiger partial charge in [-0.15, -0.1) is 28.5 Å². The van der Waals surface area contributed by atoms with Gasteiger partial charge in [0.2, 0.25) is 5.91 Å². The second-order valence-corrected chi connectivity index (χ2v) is 9.44. The van der Waals surface area contributed by atoms with Crippen molar-refractivity contribution in [3.8, 4) is 0 Å². The van der Waals surface area contributed by atoms with Crippen molar-refractivity contribution < 1.29 is 14.3 Å². The SMILES string of the molecule is C=CCn1c(CSc2ccc(C)cc2)nnc1SCC(=O)Nc1ccc(C(=O)OCCC)cc1. The van der Waals surface area contributed by atoms with Crippen molar-refractivity contribution in [1.82, 2.24) is 14.8 Å². The number of benzene rings is 2. The average molecular weight is 497 g/mol. The third-order valence-electron chi connectivity index (χ3n) is 4.67. The van der Waals surface area contributed by atoms with Crippen molar-refractivity contribution in [2.75, 3.05) is 17.7 Å². The lowest BCUT2D eigenvalue weighted by Gasteiger charge is -2.09. The highest BCUT2D eigenvalue weighted by atomic mass is 32.2. The lowest BCUT2D eigenvalue weighted by molar-refractivity contribution is -0.113. The summed E-state index contributed by atoms with van der Waals surface area (Å²) in [7, 11) is 0. The zero-order valence-corrected chi connectivity index (χ0v) is 21.0. The number of amides is 1. The number of aromatic nitrogens is 3. The number of esters is 1. The van der Waals surface area contributed by atoms with Crippen molar-refractivity contribution >= 4 is 41.1 Å². The van der Waals surface area contributed by atoms with Crippen LogP contribution in [0.5, 0.6) is 0 Å². The number of nitrogens with zero attached hydrogens (tertiary/aromatic N) is 3. The van der Waals surface area contributed by atoms with E-state index in [0.29, 0.717) is 35.3 Å². The molecule has 3 rings (SSSR count). The summed E-state index contributed by atoms with van der Waals surface area (Å²) in [5, 5.41) is 12.1. The number of thioether (sulfide) groups is 2. The van der Waals surface area contributed by atoms with E-state index in [1.165, 1.54) is 17.3 Å². The number of rotatable bonds is 12. The van der Waals surface area contributed by atoms with Crippen molar-refractivity contribution in [2.24, 2.45) is 0 Å². The van der Waals surface area contributed by atoms with Gasteiger partial charge in [-0.05, 0) is 49.7 Å². The molecule has 0 unspecified atom stereocenters. The summed E-state index contributed by atoms with van der Waals surface area (Å²) in [6.45, 7) is 8.78. The minimum absolute atomic E-state index is 0.171. The Hall–Kier alpha value is -3.04. The first-order valence-electron chi connectivity index (χ1n) is 10.9. The largest absolute Gasteiger partial charge is 0.462 e. The molecule has 0 bridgehead atoms. The molecule has 34 heavy (non-hydrogen) atoms. The first-order valence-corrected chi connectivity index (χ1v) is 12.9. The van der Waals surface area contributed by atoms with Gasteiger partial charge in [-0.3, -0.25) is 4.79 Å². The van der Waals surface area contributed by atoms with Crippen LogP contribution in [0.1, 0.15) is 35.1 Å². The quantitative estimate of drug-likeness (QED) is 0.205. The fourth-order valence-electron chi connectivity index (χ4n) is 2.92. The number of anilines is 1. The normalized spacial score (nSPS) is 10.6. The van der Waals surface area contributed by atoms with E-state index in [4.69, 9.17) is 4.74 Å². The minimum Gasteiger partial charge on any atom is -0.462 e. The number of aryl methyl sites for hydroxylation is 1. The lowest BCUT2D eigenvalue weighted by Crippen LogP contribution is -2.15. The highest BCUT2D eigenvalue weighted by molar-refractivity contribution is 7.99. The van der Waals surface area contributed by atoms with E-state index in [-0.39, 0.29) is 17.6 Å². The Morgan fingerprint density at radius 3 is 2.50 bits per heavy atom. The van der Waals surface area contributed by atoms with Crippen LogP contribution >= 0.6 is 23.5 Å². The summed E-state index contributed by atoms with van der Waals surface area (Å²) in [5.74, 6) is 1.15. The molecule has 178 valence electrons. The maximum atomic E-state index is 12.5. The third kappa shape index (κ3) is 7.50. The molecule has 3 aromatic rings. The molecule has 0 aliphatic heterocycles. The zero-order valence-electron chi connectivity index (χ0n) is 19.3. The molecule has 0 atom stereocenters. The molecular formula is C25H28N4O3S2. The highest BCUT2D eigenvalue weighted by Crippen LogP contribution is 2.25. The molecule has 0 aliphatic carbocycles. The molecule has 0 radical (unpaired) electrons. The second-order valence-electron chi connectivity index (χ2n) is 7.45. The summed E-state index contributed by atoms with van der Waals surface area (Å²) in [4.78, 5) is 25.5. The fourth-order valence-corrected chi connectivity index (χ4v) is 4.53. The van der Waals surface area contributed by atoms with Gasteiger partial charge in [0, 0.05) is 17.1 Å². The van der Waals surface area contributed by atoms with Gasteiger partial charge in [0.1, 0.15) is 5.82 Å². The molecule has 1 N–H and O–H groups in total. The van der Waals surface area contributed by atoms with Crippen LogP contribution < -0.4 is 5.32 Å².